The number of esters is 1. The van der Waals surface area contributed by atoms with Gasteiger partial charge >= 0.3 is 5.97 Å². The molecule has 0 fully saturated rings. The maximum atomic E-state index is 11.9. The van der Waals surface area contributed by atoms with Crippen LogP contribution in [-0.4, -0.2) is 34.4 Å². The highest BCUT2D eigenvalue weighted by molar-refractivity contribution is 5.96. The van der Waals surface area contributed by atoms with E-state index in [0.29, 0.717) is 11.3 Å². The lowest BCUT2D eigenvalue weighted by Crippen LogP contribution is -2.25. The van der Waals surface area contributed by atoms with Gasteiger partial charge in [-0.3, -0.25) is 4.98 Å². The zero-order chi connectivity index (χ0) is 14.1. The lowest BCUT2D eigenvalue weighted by molar-refractivity contribution is 0.0601. The van der Waals surface area contributed by atoms with Crippen LogP contribution < -0.4 is 5.32 Å². The fourth-order valence-corrected chi connectivity index (χ4v) is 2.63. The normalized spacial score (nSPS) is 17.2. The third kappa shape index (κ3) is 1.93. The third-order valence-corrected chi connectivity index (χ3v) is 3.57. The first kappa shape index (κ1) is 12.7. The first-order chi connectivity index (χ1) is 9.72. The number of hydrogen-bond donors (Lipinski definition) is 1. The summed E-state index contributed by atoms with van der Waals surface area (Å²) in [5.41, 5.74) is 2.34. The van der Waals surface area contributed by atoms with E-state index >= 15 is 0 Å². The Hall–Kier alpha value is -2.37. The summed E-state index contributed by atoms with van der Waals surface area (Å²) in [5.74, 6) is 0.383. The van der Waals surface area contributed by atoms with Gasteiger partial charge in [-0.05, 0) is 31.0 Å². The van der Waals surface area contributed by atoms with Crippen molar-refractivity contribution in [1.29, 1.82) is 0 Å². The van der Waals surface area contributed by atoms with Gasteiger partial charge in [-0.2, -0.15) is 5.10 Å². The van der Waals surface area contributed by atoms with Gasteiger partial charge in [0.2, 0.25) is 0 Å². The van der Waals surface area contributed by atoms with Crippen LogP contribution in [0.15, 0.2) is 24.5 Å². The van der Waals surface area contributed by atoms with E-state index in [0.717, 1.165) is 24.3 Å². The number of carbonyl (C=O) groups is 1. The summed E-state index contributed by atoms with van der Waals surface area (Å²) >= 11 is 0. The van der Waals surface area contributed by atoms with Crippen molar-refractivity contribution in [3.63, 3.8) is 0 Å². The van der Waals surface area contributed by atoms with Crippen LogP contribution in [-0.2, 0) is 4.74 Å². The van der Waals surface area contributed by atoms with E-state index < -0.39 is 0 Å². The fraction of sp³-hybridized carbons (Fsp3) is 0.357. The number of nitrogens with zero attached hydrogens (tertiary/aromatic N) is 3. The predicted octanol–water partition coefficient (Wildman–Crippen LogP) is 1.78. The molecule has 104 valence electrons. The summed E-state index contributed by atoms with van der Waals surface area (Å²) in [6, 6.07) is 4.08. The van der Waals surface area contributed by atoms with Gasteiger partial charge in [0.15, 0.2) is 0 Å². The largest absolute Gasteiger partial charge is 0.465 e. The molecule has 0 aliphatic carbocycles. The lowest BCUT2D eigenvalue weighted by Gasteiger charge is -2.26. The second-order valence-electron chi connectivity index (χ2n) is 4.76. The average Bonchev–Trinajstić information content (AvgIpc) is 2.83. The number of methoxy groups -OCH3 is 1. The Kier molecular flexibility index (Phi) is 3.14. The number of fused-ring (bicyclic) bond motifs is 1. The molecule has 0 saturated carbocycles. The van der Waals surface area contributed by atoms with E-state index in [-0.39, 0.29) is 12.0 Å². The topological polar surface area (TPSA) is 69.0 Å². The number of aryl methyl sites for hydroxylation is 1. The molecule has 1 aliphatic heterocycles. The molecule has 1 aliphatic rings. The zero-order valence-corrected chi connectivity index (χ0v) is 11.5. The minimum Gasteiger partial charge on any atom is -0.465 e. The van der Waals surface area contributed by atoms with E-state index in [4.69, 9.17) is 4.74 Å². The van der Waals surface area contributed by atoms with Crippen molar-refractivity contribution in [2.24, 2.45) is 0 Å². The van der Waals surface area contributed by atoms with E-state index in [9.17, 15) is 4.79 Å². The molecule has 0 bridgehead atoms. The van der Waals surface area contributed by atoms with Gasteiger partial charge in [0, 0.05) is 18.9 Å². The molecule has 2 aromatic rings. The highest BCUT2D eigenvalue weighted by Gasteiger charge is 2.29. The Bertz CT molecular complexity index is 636. The van der Waals surface area contributed by atoms with E-state index in [1.54, 1.807) is 12.4 Å². The SMILES string of the molecule is COC(=O)c1c(C)nn2c1NCCC2c1ccncc1. The third-order valence-electron chi connectivity index (χ3n) is 3.57. The summed E-state index contributed by atoms with van der Waals surface area (Å²) in [6.07, 6.45) is 4.46. The van der Waals surface area contributed by atoms with Crippen molar-refractivity contribution >= 4 is 11.8 Å². The molecular weight excluding hydrogens is 256 g/mol. The lowest BCUT2D eigenvalue weighted by atomic mass is 10.0. The maximum Gasteiger partial charge on any atom is 0.343 e. The highest BCUT2D eigenvalue weighted by Crippen LogP contribution is 2.32. The van der Waals surface area contributed by atoms with E-state index in [2.05, 4.69) is 15.4 Å². The quantitative estimate of drug-likeness (QED) is 0.844. The Balaban J connectivity index is 2.09. The zero-order valence-electron chi connectivity index (χ0n) is 11.5. The van der Waals surface area contributed by atoms with Gasteiger partial charge in [-0.15, -0.1) is 0 Å². The summed E-state index contributed by atoms with van der Waals surface area (Å²) in [7, 11) is 1.38. The molecular formula is C14H16N4O2. The van der Waals surface area contributed by atoms with Gasteiger partial charge in [0.25, 0.3) is 0 Å². The van der Waals surface area contributed by atoms with Gasteiger partial charge < -0.3 is 10.1 Å². The molecule has 0 saturated heterocycles. The maximum absolute atomic E-state index is 11.9. The first-order valence-corrected chi connectivity index (χ1v) is 6.53. The molecule has 0 amide bonds. The molecule has 0 aromatic carbocycles. The molecule has 6 heteroatoms. The van der Waals surface area contributed by atoms with Crippen molar-refractivity contribution in [3.8, 4) is 0 Å². The van der Waals surface area contributed by atoms with Crippen molar-refractivity contribution in [2.45, 2.75) is 19.4 Å². The summed E-state index contributed by atoms with van der Waals surface area (Å²) in [4.78, 5) is 15.9. The summed E-state index contributed by atoms with van der Waals surface area (Å²) < 4.78 is 6.72. The smallest absolute Gasteiger partial charge is 0.343 e. The van der Waals surface area contributed by atoms with Gasteiger partial charge in [-0.25, -0.2) is 9.48 Å². The van der Waals surface area contributed by atoms with Crippen LogP contribution in [0.1, 0.15) is 34.1 Å². The van der Waals surface area contributed by atoms with Gasteiger partial charge in [0.1, 0.15) is 11.4 Å². The minimum atomic E-state index is -0.355. The van der Waals surface area contributed by atoms with Crippen molar-refractivity contribution in [1.82, 2.24) is 14.8 Å². The number of hydrogen-bond acceptors (Lipinski definition) is 5. The molecule has 20 heavy (non-hydrogen) atoms. The second kappa shape index (κ2) is 4.96. The summed E-state index contributed by atoms with van der Waals surface area (Å²) in [6.45, 7) is 2.62. The highest BCUT2D eigenvalue weighted by atomic mass is 16.5. The number of anilines is 1. The average molecular weight is 272 g/mol. The van der Waals surface area contributed by atoms with E-state index in [1.807, 2.05) is 23.7 Å². The van der Waals surface area contributed by atoms with Gasteiger partial charge in [-0.1, -0.05) is 0 Å². The second-order valence-corrected chi connectivity index (χ2v) is 4.76. The molecule has 2 aromatic heterocycles. The molecule has 0 spiro atoms. The number of pyridine rings is 1. The number of nitrogens with one attached hydrogen (secondary N) is 1. The van der Waals surface area contributed by atoms with Crippen LogP contribution in [0.4, 0.5) is 5.82 Å². The van der Waals surface area contributed by atoms with Crippen LogP contribution in [0.5, 0.6) is 0 Å². The fourth-order valence-electron chi connectivity index (χ4n) is 2.63. The Labute approximate surface area is 116 Å². The minimum absolute atomic E-state index is 0.117. The molecule has 0 radical (unpaired) electrons. The predicted molar refractivity (Wildman–Crippen MR) is 73.8 cm³/mol. The Morgan fingerprint density at radius 1 is 1.45 bits per heavy atom. The number of carbonyl (C=O) groups excluding carboxylic acids is 1. The first-order valence-electron chi connectivity index (χ1n) is 6.53. The van der Waals surface area contributed by atoms with Crippen LogP contribution >= 0.6 is 0 Å². The summed E-state index contributed by atoms with van der Waals surface area (Å²) in [5, 5.41) is 7.76. The van der Waals surface area contributed by atoms with Crippen LogP contribution in [0.3, 0.4) is 0 Å². The van der Waals surface area contributed by atoms with Crippen molar-refractivity contribution in [2.75, 3.05) is 19.0 Å². The monoisotopic (exact) mass is 272 g/mol. The van der Waals surface area contributed by atoms with Crippen LogP contribution in [0.2, 0.25) is 0 Å². The standard InChI is InChI=1S/C14H16N4O2/c1-9-12(14(19)20-2)13-16-8-5-11(18(13)17-9)10-3-6-15-7-4-10/h3-4,6-7,11,16H,5,8H2,1-2H3. The van der Waals surface area contributed by atoms with Gasteiger partial charge in [0.05, 0.1) is 18.8 Å². The number of ether oxygens (including phenoxy) is 1. The molecule has 3 heterocycles. The van der Waals surface area contributed by atoms with E-state index in [1.165, 1.54) is 7.11 Å². The van der Waals surface area contributed by atoms with Crippen molar-refractivity contribution < 1.29 is 9.53 Å². The Morgan fingerprint density at radius 3 is 2.90 bits per heavy atom. The molecule has 1 unspecified atom stereocenters. The molecule has 6 nitrogen and oxygen atoms in total. The number of rotatable bonds is 2. The van der Waals surface area contributed by atoms with Crippen LogP contribution in [0.25, 0.3) is 0 Å². The number of aromatic nitrogens is 3. The Morgan fingerprint density at radius 2 is 2.20 bits per heavy atom. The molecule has 1 atom stereocenters. The van der Waals surface area contributed by atoms with Crippen LogP contribution in [0, 0.1) is 6.92 Å². The molecule has 3 rings (SSSR count). The molecule has 1 N–H and O–H groups in total. The van der Waals surface area contributed by atoms with Crippen molar-refractivity contribution in [3.05, 3.63) is 41.3 Å².